The van der Waals surface area contributed by atoms with Gasteiger partial charge in [0, 0.05) is 39.0 Å². The first-order chi connectivity index (χ1) is 10.5. The Balaban J connectivity index is 2.29. The van der Waals surface area contributed by atoms with Gasteiger partial charge in [-0.05, 0) is 25.7 Å². The second-order valence-corrected chi connectivity index (χ2v) is 5.90. The van der Waals surface area contributed by atoms with E-state index in [0.717, 1.165) is 25.9 Å². The molecule has 2 amide bonds. The molecule has 1 heterocycles. The summed E-state index contributed by atoms with van der Waals surface area (Å²) in [5.74, 6) is -1.19. The molecule has 0 saturated carbocycles. The second-order valence-electron chi connectivity index (χ2n) is 5.90. The fourth-order valence-electron chi connectivity index (χ4n) is 2.80. The van der Waals surface area contributed by atoms with Crippen LogP contribution in [0.3, 0.4) is 0 Å². The first-order valence-corrected chi connectivity index (χ1v) is 8.27. The van der Waals surface area contributed by atoms with Crippen molar-refractivity contribution in [2.75, 3.05) is 26.2 Å². The highest BCUT2D eigenvalue weighted by Gasteiger charge is 2.30. The van der Waals surface area contributed by atoms with Gasteiger partial charge in [-0.3, -0.25) is 14.4 Å². The minimum absolute atomic E-state index is 0.0333. The van der Waals surface area contributed by atoms with Gasteiger partial charge in [0.25, 0.3) is 0 Å². The van der Waals surface area contributed by atoms with Gasteiger partial charge in [0.05, 0.1) is 5.92 Å². The SMILES string of the molecule is CCCN(CCC)C(=O)CCCC(=O)N1CCC(C(=O)O)C1. The Morgan fingerprint density at radius 3 is 2.27 bits per heavy atom. The monoisotopic (exact) mass is 312 g/mol. The molecule has 1 rings (SSSR count). The van der Waals surface area contributed by atoms with E-state index in [1.807, 2.05) is 18.7 Å². The molecule has 0 spiro atoms. The van der Waals surface area contributed by atoms with E-state index in [9.17, 15) is 14.4 Å². The molecule has 0 aromatic rings. The lowest BCUT2D eigenvalue weighted by molar-refractivity contribution is -0.141. The third-order valence-electron chi connectivity index (χ3n) is 4.01. The lowest BCUT2D eigenvalue weighted by Gasteiger charge is -2.21. The number of hydrogen-bond donors (Lipinski definition) is 1. The van der Waals surface area contributed by atoms with Crippen LogP contribution in [0.25, 0.3) is 0 Å². The van der Waals surface area contributed by atoms with Gasteiger partial charge in [0.1, 0.15) is 0 Å². The summed E-state index contributed by atoms with van der Waals surface area (Å²) in [5.41, 5.74) is 0. The van der Waals surface area contributed by atoms with Crippen molar-refractivity contribution in [3.8, 4) is 0 Å². The molecule has 1 fully saturated rings. The summed E-state index contributed by atoms with van der Waals surface area (Å²) in [6.07, 6.45) is 3.66. The van der Waals surface area contributed by atoms with Crippen molar-refractivity contribution in [3.05, 3.63) is 0 Å². The smallest absolute Gasteiger partial charge is 0.308 e. The number of amides is 2. The highest BCUT2D eigenvalue weighted by Crippen LogP contribution is 2.18. The van der Waals surface area contributed by atoms with Gasteiger partial charge < -0.3 is 14.9 Å². The predicted octanol–water partition coefficient (Wildman–Crippen LogP) is 1.74. The molecule has 1 unspecified atom stereocenters. The van der Waals surface area contributed by atoms with Gasteiger partial charge in [-0.25, -0.2) is 0 Å². The van der Waals surface area contributed by atoms with Gasteiger partial charge >= 0.3 is 5.97 Å². The number of nitrogens with zero attached hydrogens (tertiary/aromatic N) is 2. The molecule has 6 heteroatoms. The minimum atomic E-state index is -0.833. The maximum atomic E-state index is 12.1. The van der Waals surface area contributed by atoms with Crippen LogP contribution in [0, 0.1) is 5.92 Å². The Morgan fingerprint density at radius 2 is 1.77 bits per heavy atom. The standard InChI is InChI=1S/C16H28N2O4/c1-3-9-17(10-4-2)14(19)6-5-7-15(20)18-11-8-13(12-18)16(21)22/h13H,3-12H2,1-2H3,(H,21,22). The first kappa shape index (κ1) is 18.5. The van der Waals surface area contributed by atoms with Crippen molar-refractivity contribution in [2.45, 2.75) is 52.4 Å². The largest absolute Gasteiger partial charge is 0.481 e. The molecule has 0 bridgehead atoms. The quantitative estimate of drug-likeness (QED) is 0.703. The van der Waals surface area contributed by atoms with Gasteiger partial charge in [0.2, 0.25) is 11.8 Å². The van der Waals surface area contributed by atoms with Gasteiger partial charge in [-0.15, -0.1) is 0 Å². The molecule has 0 radical (unpaired) electrons. The van der Waals surface area contributed by atoms with E-state index < -0.39 is 11.9 Å². The van der Waals surface area contributed by atoms with Crippen LogP contribution in [0.4, 0.5) is 0 Å². The maximum Gasteiger partial charge on any atom is 0.308 e. The average Bonchev–Trinajstić information content (AvgIpc) is 2.97. The van der Waals surface area contributed by atoms with Crippen LogP contribution in [0.15, 0.2) is 0 Å². The summed E-state index contributed by atoms with van der Waals surface area (Å²) in [5, 5.41) is 8.94. The molecular weight excluding hydrogens is 284 g/mol. The number of carbonyl (C=O) groups excluding carboxylic acids is 2. The van der Waals surface area contributed by atoms with Crippen molar-refractivity contribution >= 4 is 17.8 Å². The zero-order valence-corrected chi connectivity index (χ0v) is 13.7. The maximum absolute atomic E-state index is 12.1. The molecule has 1 saturated heterocycles. The predicted molar refractivity (Wildman–Crippen MR) is 83.3 cm³/mol. The molecule has 0 aliphatic carbocycles. The zero-order valence-electron chi connectivity index (χ0n) is 13.7. The first-order valence-electron chi connectivity index (χ1n) is 8.27. The molecule has 0 aromatic heterocycles. The van der Waals surface area contributed by atoms with Crippen LogP contribution in [-0.2, 0) is 14.4 Å². The molecular formula is C16H28N2O4. The number of carboxylic acid groups (broad SMARTS) is 1. The van der Waals surface area contributed by atoms with Crippen LogP contribution in [0.5, 0.6) is 0 Å². The number of aliphatic carboxylic acids is 1. The Morgan fingerprint density at radius 1 is 1.14 bits per heavy atom. The van der Waals surface area contributed by atoms with Crippen molar-refractivity contribution < 1.29 is 19.5 Å². The Labute approximate surface area is 132 Å². The number of carbonyl (C=O) groups is 3. The van der Waals surface area contributed by atoms with Crippen LogP contribution in [-0.4, -0.2) is 58.9 Å². The number of carboxylic acids is 1. The zero-order chi connectivity index (χ0) is 16.5. The van der Waals surface area contributed by atoms with Crippen LogP contribution in [0.1, 0.15) is 52.4 Å². The molecule has 0 aromatic carbocycles. The Hall–Kier alpha value is -1.59. The molecule has 22 heavy (non-hydrogen) atoms. The summed E-state index contributed by atoms with van der Waals surface area (Å²) in [7, 11) is 0. The molecule has 1 N–H and O–H groups in total. The Bertz CT molecular complexity index is 392. The summed E-state index contributed by atoms with van der Waals surface area (Å²) >= 11 is 0. The van der Waals surface area contributed by atoms with E-state index in [-0.39, 0.29) is 11.8 Å². The number of hydrogen-bond acceptors (Lipinski definition) is 3. The van der Waals surface area contributed by atoms with Crippen LogP contribution >= 0.6 is 0 Å². The highest BCUT2D eigenvalue weighted by molar-refractivity contribution is 5.80. The normalized spacial score (nSPS) is 17.5. The van der Waals surface area contributed by atoms with Crippen molar-refractivity contribution in [2.24, 2.45) is 5.92 Å². The van der Waals surface area contributed by atoms with E-state index in [0.29, 0.717) is 38.8 Å². The Kier molecular flexibility index (Phi) is 7.91. The molecule has 6 nitrogen and oxygen atoms in total. The van der Waals surface area contributed by atoms with E-state index in [4.69, 9.17) is 5.11 Å². The third kappa shape index (κ3) is 5.66. The van der Waals surface area contributed by atoms with E-state index in [1.165, 1.54) is 0 Å². The fraction of sp³-hybridized carbons (Fsp3) is 0.812. The third-order valence-corrected chi connectivity index (χ3v) is 4.01. The van der Waals surface area contributed by atoms with E-state index in [2.05, 4.69) is 0 Å². The number of likely N-dealkylation sites (tertiary alicyclic amines) is 1. The summed E-state index contributed by atoms with van der Waals surface area (Å²) in [6, 6.07) is 0. The lowest BCUT2D eigenvalue weighted by Crippen LogP contribution is -2.33. The highest BCUT2D eigenvalue weighted by atomic mass is 16.4. The second kappa shape index (κ2) is 9.43. The topological polar surface area (TPSA) is 77.9 Å². The molecule has 1 atom stereocenters. The summed E-state index contributed by atoms with van der Waals surface area (Å²) in [6.45, 7) is 6.46. The minimum Gasteiger partial charge on any atom is -0.481 e. The van der Waals surface area contributed by atoms with Crippen molar-refractivity contribution in [1.29, 1.82) is 0 Å². The molecule has 1 aliphatic rings. The van der Waals surface area contributed by atoms with Gasteiger partial charge in [-0.1, -0.05) is 13.8 Å². The van der Waals surface area contributed by atoms with Crippen LogP contribution in [0.2, 0.25) is 0 Å². The summed E-state index contributed by atoms with van der Waals surface area (Å²) < 4.78 is 0. The lowest BCUT2D eigenvalue weighted by atomic mass is 10.1. The van der Waals surface area contributed by atoms with Gasteiger partial charge in [0.15, 0.2) is 0 Å². The van der Waals surface area contributed by atoms with Crippen molar-refractivity contribution in [1.82, 2.24) is 9.80 Å². The van der Waals surface area contributed by atoms with E-state index in [1.54, 1.807) is 4.90 Å². The molecule has 1 aliphatic heterocycles. The average molecular weight is 312 g/mol. The van der Waals surface area contributed by atoms with Crippen molar-refractivity contribution in [3.63, 3.8) is 0 Å². The van der Waals surface area contributed by atoms with E-state index >= 15 is 0 Å². The number of rotatable bonds is 9. The fourth-order valence-corrected chi connectivity index (χ4v) is 2.80. The van der Waals surface area contributed by atoms with Gasteiger partial charge in [-0.2, -0.15) is 0 Å². The summed E-state index contributed by atoms with van der Waals surface area (Å²) in [4.78, 5) is 38.5. The van der Waals surface area contributed by atoms with Crippen LogP contribution < -0.4 is 0 Å². The molecule has 126 valence electrons.